The van der Waals surface area contributed by atoms with E-state index in [-0.39, 0.29) is 0 Å². The molecule has 80 valence electrons. The molecule has 0 atom stereocenters. The number of nitrogens with zero attached hydrogens (tertiary/aromatic N) is 2. The van der Waals surface area contributed by atoms with E-state index in [0.717, 1.165) is 11.5 Å². The molecular weight excluding hydrogens is 188 g/mol. The summed E-state index contributed by atoms with van der Waals surface area (Å²) in [6.07, 6.45) is 4.25. The average molecular weight is 204 g/mol. The van der Waals surface area contributed by atoms with Gasteiger partial charge in [0.25, 0.3) is 0 Å². The molecule has 0 unspecified atom stereocenters. The van der Waals surface area contributed by atoms with Crippen LogP contribution in [0.1, 0.15) is 36.0 Å². The van der Waals surface area contributed by atoms with Crippen LogP contribution in [0.3, 0.4) is 0 Å². The van der Waals surface area contributed by atoms with Crippen molar-refractivity contribution >= 4 is 12.0 Å². The summed E-state index contributed by atoms with van der Waals surface area (Å²) in [7, 11) is 1.61. The Morgan fingerprint density at radius 3 is 2.73 bits per heavy atom. The van der Waals surface area contributed by atoms with Gasteiger partial charge < -0.3 is 9.30 Å². The second-order valence-electron chi connectivity index (χ2n) is 3.86. The van der Waals surface area contributed by atoms with Crippen molar-refractivity contribution in [3.8, 4) is 0 Å². The summed E-state index contributed by atoms with van der Waals surface area (Å²) in [5, 5.41) is 0. The van der Waals surface area contributed by atoms with E-state index in [2.05, 4.69) is 25.1 Å². The molecule has 0 aromatic carbocycles. The van der Waals surface area contributed by atoms with Gasteiger partial charge in [0.05, 0.1) is 12.8 Å². The molecule has 0 bridgehead atoms. The highest BCUT2D eigenvalue weighted by atomic mass is 16.5. The zero-order valence-electron chi connectivity index (χ0n) is 9.29. The Balaban J connectivity index is 2.48. The number of hydrogen-bond acceptors (Lipinski definition) is 2. The molecule has 1 aromatic rings. The highest BCUT2D eigenvalue weighted by Crippen LogP contribution is 2.41. The summed E-state index contributed by atoms with van der Waals surface area (Å²) in [5.41, 5.74) is 2.32. The molecule has 1 saturated carbocycles. The summed E-state index contributed by atoms with van der Waals surface area (Å²) in [6, 6.07) is 0. The van der Waals surface area contributed by atoms with Gasteiger partial charge >= 0.3 is 0 Å². The predicted molar refractivity (Wildman–Crippen MR) is 61.4 cm³/mol. The van der Waals surface area contributed by atoms with Crippen molar-refractivity contribution in [1.29, 1.82) is 0 Å². The summed E-state index contributed by atoms with van der Waals surface area (Å²) >= 11 is 0. The van der Waals surface area contributed by atoms with Gasteiger partial charge in [-0.3, -0.25) is 0 Å². The Morgan fingerprint density at radius 2 is 2.27 bits per heavy atom. The molecule has 1 aliphatic carbocycles. The molecule has 1 aliphatic rings. The molecule has 1 heterocycles. The molecule has 0 spiro atoms. The van der Waals surface area contributed by atoms with E-state index in [0.29, 0.717) is 11.7 Å². The summed E-state index contributed by atoms with van der Waals surface area (Å²) < 4.78 is 7.07. The number of rotatable bonds is 4. The predicted octanol–water partition coefficient (Wildman–Crippen LogP) is 2.79. The van der Waals surface area contributed by atoms with Crippen molar-refractivity contribution in [2.24, 2.45) is 0 Å². The Hall–Kier alpha value is -1.51. The van der Waals surface area contributed by atoms with Crippen LogP contribution in [0.2, 0.25) is 0 Å². The SMILES string of the molecule is C=Cn1c(C(=C)OC)nc(C2CC2)c1C. The number of aromatic nitrogens is 2. The fourth-order valence-corrected chi connectivity index (χ4v) is 1.79. The monoisotopic (exact) mass is 204 g/mol. The van der Waals surface area contributed by atoms with Crippen LogP contribution in [-0.4, -0.2) is 16.7 Å². The lowest BCUT2D eigenvalue weighted by Crippen LogP contribution is -1.97. The third-order valence-corrected chi connectivity index (χ3v) is 2.83. The second kappa shape index (κ2) is 3.57. The smallest absolute Gasteiger partial charge is 0.179 e. The van der Waals surface area contributed by atoms with Crippen LogP contribution in [0.5, 0.6) is 0 Å². The first-order valence-corrected chi connectivity index (χ1v) is 5.13. The molecule has 0 radical (unpaired) electrons. The van der Waals surface area contributed by atoms with Gasteiger partial charge in [0.15, 0.2) is 11.6 Å². The quantitative estimate of drug-likeness (QED) is 0.705. The van der Waals surface area contributed by atoms with Crippen molar-refractivity contribution < 1.29 is 4.74 Å². The van der Waals surface area contributed by atoms with Crippen LogP contribution in [0, 0.1) is 6.92 Å². The van der Waals surface area contributed by atoms with Gasteiger partial charge in [0.1, 0.15) is 0 Å². The molecule has 2 rings (SSSR count). The minimum atomic E-state index is 0.588. The highest BCUT2D eigenvalue weighted by molar-refractivity contribution is 5.55. The van der Waals surface area contributed by atoms with Crippen LogP contribution < -0.4 is 0 Å². The van der Waals surface area contributed by atoms with Crippen molar-refractivity contribution in [2.45, 2.75) is 25.7 Å². The maximum atomic E-state index is 5.12. The van der Waals surface area contributed by atoms with Crippen molar-refractivity contribution in [3.05, 3.63) is 30.4 Å². The van der Waals surface area contributed by atoms with E-state index in [4.69, 9.17) is 4.74 Å². The fraction of sp³-hybridized carbons (Fsp3) is 0.417. The van der Waals surface area contributed by atoms with E-state index in [1.54, 1.807) is 13.3 Å². The van der Waals surface area contributed by atoms with E-state index in [9.17, 15) is 0 Å². The van der Waals surface area contributed by atoms with Gasteiger partial charge in [0, 0.05) is 17.8 Å². The van der Waals surface area contributed by atoms with Crippen LogP contribution in [0.4, 0.5) is 0 Å². The molecule has 3 heteroatoms. The zero-order chi connectivity index (χ0) is 11.0. The minimum Gasteiger partial charge on any atom is -0.493 e. The topological polar surface area (TPSA) is 27.1 Å². The third kappa shape index (κ3) is 1.58. The molecule has 1 aromatic heterocycles. The van der Waals surface area contributed by atoms with Crippen LogP contribution in [0.15, 0.2) is 13.2 Å². The van der Waals surface area contributed by atoms with Gasteiger partial charge in [-0.2, -0.15) is 0 Å². The number of hydrogen-bond donors (Lipinski definition) is 0. The maximum Gasteiger partial charge on any atom is 0.179 e. The molecule has 0 saturated heterocycles. The first kappa shape index (κ1) is 10.0. The number of methoxy groups -OCH3 is 1. The van der Waals surface area contributed by atoms with Crippen LogP contribution in [-0.2, 0) is 4.74 Å². The largest absolute Gasteiger partial charge is 0.493 e. The van der Waals surface area contributed by atoms with Crippen molar-refractivity contribution in [1.82, 2.24) is 9.55 Å². The standard InChI is InChI=1S/C12H16N2O/c1-5-14-8(2)11(10-6-7-10)13-12(14)9(3)15-4/h5,10H,1,3,6-7H2,2,4H3. The van der Waals surface area contributed by atoms with Gasteiger partial charge in [-0.25, -0.2) is 4.98 Å². The molecular formula is C12H16N2O. The molecule has 1 fully saturated rings. The second-order valence-corrected chi connectivity index (χ2v) is 3.86. The molecule has 0 amide bonds. The van der Waals surface area contributed by atoms with E-state index in [1.807, 2.05) is 4.57 Å². The first-order valence-electron chi connectivity index (χ1n) is 5.13. The lowest BCUT2D eigenvalue weighted by molar-refractivity contribution is 0.367. The summed E-state index contributed by atoms with van der Waals surface area (Å²) in [5.74, 6) is 1.99. The molecule has 3 nitrogen and oxygen atoms in total. The highest BCUT2D eigenvalue weighted by Gasteiger charge is 2.30. The van der Waals surface area contributed by atoms with Crippen molar-refractivity contribution in [3.63, 3.8) is 0 Å². The molecule has 0 aliphatic heterocycles. The average Bonchev–Trinajstić information content (AvgIpc) is 3.02. The Bertz CT molecular complexity index is 414. The molecule has 0 N–H and O–H groups in total. The Morgan fingerprint density at radius 1 is 1.60 bits per heavy atom. The first-order chi connectivity index (χ1) is 7.19. The lowest BCUT2D eigenvalue weighted by atomic mass is 10.2. The Labute approximate surface area is 90.1 Å². The van der Waals surface area contributed by atoms with Gasteiger partial charge in [-0.15, -0.1) is 0 Å². The fourth-order valence-electron chi connectivity index (χ4n) is 1.79. The zero-order valence-corrected chi connectivity index (χ0v) is 9.29. The number of ether oxygens (including phenoxy) is 1. The third-order valence-electron chi connectivity index (χ3n) is 2.83. The van der Waals surface area contributed by atoms with Gasteiger partial charge in [0.2, 0.25) is 0 Å². The van der Waals surface area contributed by atoms with Crippen LogP contribution in [0.25, 0.3) is 12.0 Å². The van der Waals surface area contributed by atoms with Crippen molar-refractivity contribution in [2.75, 3.05) is 7.11 Å². The van der Waals surface area contributed by atoms with E-state index in [1.165, 1.54) is 18.5 Å². The summed E-state index contributed by atoms with van der Waals surface area (Å²) in [6.45, 7) is 9.69. The molecule has 15 heavy (non-hydrogen) atoms. The minimum absolute atomic E-state index is 0.588. The van der Waals surface area contributed by atoms with E-state index >= 15 is 0 Å². The Kier molecular flexibility index (Phi) is 2.39. The summed E-state index contributed by atoms with van der Waals surface area (Å²) in [4.78, 5) is 4.58. The number of imidazole rings is 1. The van der Waals surface area contributed by atoms with Gasteiger partial charge in [-0.1, -0.05) is 13.2 Å². The maximum absolute atomic E-state index is 5.12. The van der Waals surface area contributed by atoms with Gasteiger partial charge in [-0.05, 0) is 19.8 Å². The van der Waals surface area contributed by atoms with E-state index < -0.39 is 0 Å². The van der Waals surface area contributed by atoms with Crippen LogP contribution >= 0.6 is 0 Å². The normalized spacial score (nSPS) is 15.1. The lowest BCUT2D eigenvalue weighted by Gasteiger charge is -2.04.